The minimum Gasteiger partial charge on any atom is -0.456 e. The second-order valence-corrected chi connectivity index (χ2v) is 15.2. The van der Waals surface area contributed by atoms with Gasteiger partial charge in [0.05, 0.1) is 5.69 Å². The molecule has 1 heterocycles. The fourth-order valence-electron chi connectivity index (χ4n) is 9.02. The Bertz CT molecular complexity index is 2930. The van der Waals surface area contributed by atoms with E-state index in [4.69, 9.17) is 4.42 Å². The van der Waals surface area contributed by atoms with Gasteiger partial charge in [0.15, 0.2) is 0 Å². The van der Waals surface area contributed by atoms with Crippen molar-refractivity contribution in [1.82, 2.24) is 0 Å². The molecule has 0 unspecified atom stereocenters. The molecule has 55 heavy (non-hydrogen) atoms. The molecule has 0 aliphatic heterocycles. The summed E-state index contributed by atoms with van der Waals surface area (Å²) in [5.41, 5.74) is 16.6. The van der Waals surface area contributed by atoms with Crippen molar-refractivity contribution in [1.29, 1.82) is 0 Å². The maximum absolute atomic E-state index is 6.41. The highest BCUT2D eigenvalue weighted by Gasteiger charge is 2.37. The lowest BCUT2D eigenvalue weighted by Gasteiger charge is -2.31. The van der Waals surface area contributed by atoms with Gasteiger partial charge in [0, 0.05) is 33.1 Å². The Kier molecular flexibility index (Phi) is 7.81. The second-order valence-electron chi connectivity index (χ2n) is 15.2. The maximum atomic E-state index is 6.41. The average molecular weight is 708 g/mol. The molecule has 0 saturated carbocycles. The van der Waals surface area contributed by atoms with Crippen LogP contribution in [0.3, 0.4) is 0 Å². The predicted octanol–water partition coefficient (Wildman–Crippen LogP) is 14.9. The lowest BCUT2D eigenvalue weighted by atomic mass is 9.79. The molecule has 0 bridgehead atoms. The van der Waals surface area contributed by atoms with Gasteiger partial charge in [0.2, 0.25) is 0 Å². The van der Waals surface area contributed by atoms with Gasteiger partial charge >= 0.3 is 0 Å². The summed E-state index contributed by atoms with van der Waals surface area (Å²) in [6.45, 7) is 6.83. The first-order chi connectivity index (χ1) is 27.0. The van der Waals surface area contributed by atoms with E-state index < -0.39 is 0 Å². The quantitative estimate of drug-likeness (QED) is 0.171. The van der Waals surface area contributed by atoms with E-state index in [1.54, 1.807) is 0 Å². The van der Waals surface area contributed by atoms with Gasteiger partial charge in [-0.1, -0.05) is 147 Å². The zero-order valence-electron chi connectivity index (χ0n) is 31.4. The molecule has 2 heteroatoms. The Hall–Kier alpha value is -6.64. The number of furan rings is 1. The number of anilines is 2. The maximum Gasteiger partial charge on any atom is 0.136 e. The Morgan fingerprint density at radius 3 is 2.11 bits per heavy atom. The number of para-hydroxylation sites is 1. The fourth-order valence-corrected chi connectivity index (χ4v) is 9.02. The first-order valence-corrected chi connectivity index (χ1v) is 19.3. The minimum atomic E-state index is -0.0922. The molecule has 264 valence electrons. The third-order valence-corrected chi connectivity index (χ3v) is 11.6. The molecule has 0 amide bonds. The topological polar surface area (TPSA) is 16.4 Å². The van der Waals surface area contributed by atoms with Crippen molar-refractivity contribution in [3.05, 3.63) is 204 Å². The molecule has 8 aromatic rings. The van der Waals surface area contributed by atoms with E-state index in [9.17, 15) is 0 Å². The monoisotopic (exact) mass is 707 g/mol. The molecular formula is C53H41NO. The first-order valence-electron chi connectivity index (χ1n) is 19.3. The van der Waals surface area contributed by atoms with Gasteiger partial charge < -0.3 is 9.32 Å². The summed E-state index contributed by atoms with van der Waals surface area (Å²) in [4.78, 5) is 2.44. The lowest BCUT2D eigenvalue weighted by Crippen LogP contribution is -2.18. The van der Waals surface area contributed by atoms with Crippen LogP contribution >= 0.6 is 0 Å². The first kappa shape index (κ1) is 33.0. The van der Waals surface area contributed by atoms with E-state index in [-0.39, 0.29) is 5.41 Å². The number of nitrogens with zero attached hydrogens (tertiary/aromatic N) is 1. The van der Waals surface area contributed by atoms with Crippen molar-refractivity contribution in [3.8, 4) is 33.4 Å². The molecular weight excluding hydrogens is 667 g/mol. The number of hydrogen-bond acceptors (Lipinski definition) is 2. The van der Waals surface area contributed by atoms with E-state index in [1.807, 2.05) is 0 Å². The van der Waals surface area contributed by atoms with Gasteiger partial charge in [0.25, 0.3) is 0 Å². The molecule has 2 aliphatic rings. The summed E-state index contributed by atoms with van der Waals surface area (Å²) in [7, 11) is 0. The van der Waals surface area contributed by atoms with Crippen molar-refractivity contribution in [2.75, 3.05) is 4.90 Å². The molecule has 7 aromatic carbocycles. The number of hydrogen-bond donors (Lipinski definition) is 0. The molecule has 0 radical (unpaired) electrons. The van der Waals surface area contributed by atoms with Crippen LogP contribution in [0, 0.1) is 0 Å². The van der Waals surface area contributed by atoms with E-state index >= 15 is 0 Å². The number of benzene rings is 7. The summed E-state index contributed by atoms with van der Waals surface area (Å²) in [6, 6.07) is 53.2. The SMILES string of the molecule is C/C=C\C(=C1\C=CC=CC1)N(c1ccc(-c2cccc3c2C(C)(C)c2ccccc2-3)cc1)c1ccccc1-c1ccc2oc3cc4ccccc4cc3c2c1. The van der Waals surface area contributed by atoms with Gasteiger partial charge in [-0.15, -0.1) is 0 Å². The normalized spacial score (nSPS) is 15.3. The third kappa shape index (κ3) is 5.40. The van der Waals surface area contributed by atoms with Gasteiger partial charge in [-0.05, 0) is 117 Å². The smallest absolute Gasteiger partial charge is 0.136 e. The summed E-state index contributed by atoms with van der Waals surface area (Å²) in [6.07, 6.45) is 14.0. The van der Waals surface area contributed by atoms with Crippen LogP contribution in [-0.4, -0.2) is 0 Å². The molecule has 0 fully saturated rings. The zero-order chi connectivity index (χ0) is 37.1. The van der Waals surface area contributed by atoms with Crippen LogP contribution in [0.25, 0.3) is 66.1 Å². The van der Waals surface area contributed by atoms with Crippen LogP contribution in [-0.2, 0) is 5.41 Å². The highest BCUT2D eigenvalue weighted by atomic mass is 16.3. The Morgan fingerprint density at radius 2 is 1.31 bits per heavy atom. The van der Waals surface area contributed by atoms with Crippen LogP contribution in [0.15, 0.2) is 198 Å². The second kappa shape index (κ2) is 13.0. The average Bonchev–Trinajstić information content (AvgIpc) is 3.71. The number of fused-ring (bicyclic) bond motifs is 7. The molecule has 0 spiro atoms. The summed E-state index contributed by atoms with van der Waals surface area (Å²) < 4.78 is 6.41. The van der Waals surface area contributed by atoms with Crippen molar-refractivity contribution in [3.63, 3.8) is 0 Å². The highest BCUT2D eigenvalue weighted by Crippen LogP contribution is 2.52. The zero-order valence-corrected chi connectivity index (χ0v) is 31.4. The van der Waals surface area contributed by atoms with Crippen molar-refractivity contribution >= 4 is 44.1 Å². The van der Waals surface area contributed by atoms with Crippen molar-refractivity contribution in [2.45, 2.75) is 32.6 Å². The molecule has 0 saturated heterocycles. The number of rotatable bonds is 6. The van der Waals surface area contributed by atoms with Crippen LogP contribution < -0.4 is 4.90 Å². The van der Waals surface area contributed by atoms with Gasteiger partial charge in [-0.2, -0.15) is 0 Å². The minimum absolute atomic E-state index is 0.0922. The summed E-state index contributed by atoms with van der Waals surface area (Å²) in [5, 5.41) is 4.65. The Balaban J connectivity index is 1.13. The third-order valence-electron chi connectivity index (χ3n) is 11.6. The number of allylic oxidation sites excluding steroid dienone is 7. The van der Waals surface area contributed by atoms with E-state index in [2.05, 4.69) is 208 Å². The highest BCUT2D eigenvalue weighted by molar-refractivity contribution is 6.11. The molecule has 10 rings (SSSR count). The van der Waals surface area contributed by atoms with E-state index in [0.29, 0.717) is 0 Å². The van der Waals surface area contributed by atoms with Crippen molar-refractivity contribution in [2.24, 2.45) is 0 Å². The fraction of sp³-hybridized carbons (Fsp3) is 0.0943. The van der Waals surface area contributed by atoms with E-state index in [1.165, 1.54) is 49.7 Å². The lowest BCUT2D eigenvalue weighted by molar-refractivity contribution is 0.662. The molecule has 1 aromatic heterocycles. The van der Waals surface area contributed by atoms with E-state index in [0.717, 1.165) is 56.6 Å². The Morgan fingerprint density at radius 1 is 0.618 bits per heavy atom. The van der Waals surface area contributed by atoms with Gasteiger partial charge in [-0.3, -0.25) is 0 Å². The summed E-state index contributed by atoms with van der Waals surface area (Å²) >= 11 is 0. The largest absolute Gasteiger partial charge is 0.456 e. The van der Waals surface area contributed by atoms with Crippen LogP contribution in [0.4, 0.5) is 11.4 Å². The van der Waals surface area contributed by atoms with Crippen molar-refractivity contribution < 1.29 is 4.42 Å². The van der Waals surface area contributed by atoms with Gasteiger partial charge in [-0.25, -0.2) is 0 Å². The van der Waals surface area contributed by atoms with Crippen LogP contribution in [0.1, 0.15) is 38.3 Å². The molecule has 2 aliphatic carbocycles. The molecule has 0 N–H and O–H groups in total. The summed E-state index contributed by atoms with van der Waals surface area (Å²) in [5.74, 6) is 0. The molecule has 2 nitrogen and oxygen atoms in total. The predicted molar refractivity (Wildman–Crippen MR) is 233 cm³/mol. The standard InChI is InChI=1S/C53H41NO/c1-4-15-48(36-16-6-5-7-17-36)54(40-29-26-35(27-30-40)42-22-14-23-44-43-21-10-12-24-47(43)53(2,3)52(42)44)49-25-13-11-20-41(49)39-28-31-50-45(33-39)46-32-37-18-8-9-19-38(37)34-51(46)55-50/h4-16,18-34H,17H2,1-3H3/b15-4-,48-36+. The molecule has 0 atom stereocenters. The van der Waals surface area contributed by atoms with Crippen LogP contribution in [0.5, 0.6) is 0 Å². The van der Waals surface area contributed by atoms with Crippen LogP contribution in [0.2, 0.25) is 0 Å². The van der Waals surface area contributed by atoms with Gasteiger partial charge in [0.1, 0.15) is 11.2 Å². The Labute approximate surface area is 322 Å².